The maximum absolute atomic E-state index is 12.2. The normalized spacial score (nSPS) is 22.6. The van der Waals surface area contributed by atoms with Crippen LogP contribution in [-0.2, 0) is 16.1 Å². The second-order valence-corrected chi connectivity index (χ2v) is 7.86. The van der Waals surface area contributed by atoms with Gasteiger partial charge in [0.25, 0.3) is 0 Å². The molecule has 2 atom stereocenters. The van der Waals surface area contributed by atoms with Gasteiger partial charge in [-0.1, -0.05) is 70.6 Å². The Morgan fingerprint density at radius 2 is 2.10 bits per heavy atom. The average Bonchev–Trinajstić information content (AvgIpc) is 2.89. The van der Waals surface area contributed by atoms with E-state index < -0.39 is 0 Å². The molecule has 1 aromatic rings. The molecule has 0 aromatic heterocycles. The lowest BCUT2D eigenvalue weighted by Gasteiger charge is -2.09. The maximum Gasteiger partial charge on any atom is 0.310 e. The van der Waals surface area contributed by atoms with Gasteiger partial charge in [-0.15, -0.1) is 0 Å². The molecular weight excluding hydrogens is 398 g/mol. The van der Waals surface area contributed by atoms with E-state index in [-0.39, 0.29) is 34.3 Å². The second-order valence-electron chi connectivity index (χ2n) is 5.59. The van der Waals surface area contributed by atoms with Crippen LogP contribution in [0.3, 0.4) is 0 Å². The minimum absolute atomic E-state index is 0.00434. The Balaban J connectivity index is 2.02. The first-order chi connectivity index (χ1) is 9.75. The summed E-state index contributed by atoms with van der Waals surface area (Å²) in [6.07, 6.45) is 1.69. The Labute approximate surface area is 147 Å². The Morgan fingerprint density at radius 3 is 2.67 bits per heavy atom. The number of hydrogen-bond acceptors (Lipinski definition) is 2. The third kappa shape index (κ3) is 3.76. The Bertz CT molecular complexity index is 574. The third-order valence-electron chi connectivity index (χ3n) is 3.89. The fraction of sp³-hybridized carbons (Fsp3) is 0.400. The van der Waals surface area contributed by atoms with Gasteiger partial charge in [0.05, 0.1) is 5.92 Å². The SMILES string of the molecule is CC1(C)C(C=C(Cl)Cl)C1C(=O)OCc1c(Cl)cccc1Br. The zero-order chi connectivity index (χ0) is 15.8. The highest BCUT2D eigenvalue weighted by molar-refractivity contribution is 9.10. The number of esters is 1. The highest BCUT2D eigenvalue weighted by Crippen LogP contribution is 2.60. The van der Waals surface area contributed by atoms with Crippen LogP contribution in [0.25, 0.3) is 0 Å². The molecule has 0 N–H and O–H groups in total. The quantitative estimate of drug-likeness (QED) is 0.590. The van der Waals surface area contributed by atoms with Crippen LogP contribution in [-0.4, -0.2) is 5.97 Å². The molecule has 0 bridgehead atoms. The van der Waals surface area contributed by atoms with Gasteiger partial charge in [-0.3, -0.25) is 4.79 Å². The number of carbonyl (C=O) groups is 1. The molecule has 6 heteroatoms. The van der Waals surface area contributed by atoms with E-state index >= 15 is 0 Å². The summed E-state index contributed by atoms with van der Waals surface area (Å²) in [5.41, 5.74) is 0.567. The van der Waals surface area contributed by atoms with Gasteiger partial charge in [-0.25, -0.2) is 0 Å². The highest BCUT2D eigenvalue weighted by Gasteiger charge is 2.61. The van der Waals surface area contributed by atoms with Crippen LogP contribution < -0.4 is 0 Å². The van der Waals surface area contributed by atoms with E-state index in [0.29, 0.717) is 5.02 Å². The summed E-state index contributed by atoms with van der Waals surface area (Å²) in [7, 11) is 0. The van der Waals surface area contributed by atoms with Gasteiger partial charge in [-0.05, 0) is 29.5 Å². The second kappa shape index (κ2) is 6.49. The summed E-state index contributed by atoms with van der Waals surface area (Å²) in [5, 5.41) is 0.562. The molecule has 1 aliphatic rings. The number of carbonyl (C=O) groups excluding carboxylic acids is 1. The molecule has 0 heterocycles. The van der Waals surface area contributed by atoms with E-state index in [1.165, 1.54) is 0 Å². The van der Waals surface area contributed by atoms with Crippen LogP contribution >= 0.6 is 50.7 Å². The summed E-state index contributed by atoms with van der Waals surface area (Å²) < 4.78 is 6.39. The smallest absolute Gasteiger partial charge is 0.310 e. The molecule has 0 aliphatic heterocycles. The molecule has 1 aliphatic carbocycles. The largest absolute Gasteiger partial charge is 0.460 e. The summed E-state index contributed by atoms with van der Waals surface area (Å²) in [5.74, 6) is -0.487. The predicted octanol–water partition coefficient (Wildman–Crippen LogP) is 5.74. The van der Waals surface area contributed by atoms with E-state index in [1.54, 1.807) is 12.1 Å². The molecular formula is C15H14BrCl3O2. The van der Waals surface area contributed by atoms with Crippen LogP contribution in [0, 0.1) is 17.3 Å². The fourth-order valence-electron chi connectivity index (χ4n) is 2.48. The van der Waals surface area contributed by atoms with Crippen molar-refractivity contribution in [3.05, 3.63) is 43.8 Å². The molecule has 0 spiro atoms. The fourth-order valence-corrected chi connectivity index (χ4v) is 3.57. The lowest BCUT2D eigenvalue weighted by molar-refractivity contribution is -0.147. The first-order valence-corrected chi connectivity index (χ1v) is 8.30. The van der Waals surface area contributed by atoms with Crippen LogP contribution in [0.5, 0.6) is 0 Å². The van der Waals surface area contributed by atoms with Crippen molar-refractivity contribution in [2.45, 2.75) is 20.5 Å². The number of benzene rings is 1. The van der Waals surface area contributed by atoms with E-state index in [9.17, 15) is 4.79 Å². The summed E-state index contributed by atoms with van der Waals surface area (Å²) in [4.78, 5) is 12.2. The minimum Gasteiger partial charge on any atom is -0.460 e. The van der Waals surface area contributed by atoms with Crippen molar-refractivity contribution >= 4 is 56.7 Å². The van der Waals surface area contributed by atoms with Gasteiger partial charge in [0, 0.05) is 15.1 Å². The molecule has 114 valence electrons. The summed E-state index contributed by atoms with van der Waals surface area (Å²) in [6.45, 7) is 4.11. The third-order valence-corrected chi connectivity index (χ3v) is 5.24. The monoisotopic (exact) mass is 410 g/mol. The number of halogens is 4. The average molecular weight is 413 g/mol. The van der Waals surface area contributed by atoms with E-state index in [4.69, 9.17) is 39.5 Å². The van der Waals surface area contributed by atoms with E-state index in [1.807, 2.05) is 26.0 Å². The van der Waals surface area contributed by atoms with Gasteiger partial charge >= 0.3 is 5.97 Å². The molecule has 0 amide bonds. The molecule has 1 fully saturated rings. The van der Waals surface area contributed by atoms with Crippen molar-refractivity contribution in [3.63, 3.8) is 0 Å². The molecule has 0 radical (unpaired) electrons. The van der Waals surface area contributed by atoms with Crippen molar-refractivity contribution in [2.75, 3.05) is 0 Å². The van der Waals surface area contributed by atoms with Crippen molar-refractivity contribution < 1.29 is 9.53 Å². The van der Waals surface area contributed by atoms with Crippen LogP contribution in [0.15, 0.2) is 33.2 Å². The predicted molar refractivity (Wildman–Crippen MR) is 89.5 cm³/mol. The molecule has 2 rings (SSSR count). The highest BCUT2D eigenvalue weighted by atomic mass is 79.9. The van der Waals surface area contributed by atoms with Crippen molar-refractivity contribution in [1.82, 2.24) is 0 Å². The van der Waals surface area contributed by atoms with E-state index in [0.717, 1.165) is 10.0 Å². The van der Waals surface area contributed by atoms with Crippen molar-refractivity contribution in [2.24, 2.45) is 17.3 Å². The molecule has 1 aromatic carbocycles. The van der Waals surface area contributed by atoms with Gasteiger partial charge in [0.15, 0.2) is 0 Å². The lowest BCUT2D eigenvalue weighted by atomic mass is 10.1. The molecule has 0 saturated heterocycles. The van der Waals surface area contributed by atoms with Crippen LogP contribution in [0.2, 0.25) is 5.02 Å². The lowest BCUT2D eigenvalue weighted by Crippen LogP contribution is -2.11. The molecule has 2 nitrogen and oxygen atoms in total. The standard InChI is InChI=1S/C15H14BrCl3O2/c1-15(2)9(6-12(18)19)13(15)14(20)21-7-8-10(16)4-3-5-11(8)17/h3-6,9,13H,7H2,1-2H3. The van der Waals surface area contributed by atoms with Gasteiger partial charge in [0.2, 0.25) is 0 Å². The zero-order valence-electron chi connectivity index (χ0n) is 11.5. The molecule has 1 saturated carbocycles. The number of allylic oxidation sites excluding steroid dienone is 1. The maximum atomic E-state index is 12.2. The van der Waals surface area contributed by atoms with Crippen molar-refractivity contribution in [3.8, 4) is 0 Å². The first kappa shape index (κ1) is 17.1. The molecule has 21 heavy (non-hydrogen) atoms. The minimum atomic E-state index is -0.261. The zero-order valence-corrected chi connectivity index (χ0v) is 15.4. The van der Waals surface area contributed by atoms with E-state index in [2.05, 4.69) is 15.9 Å². The topological polar surface area (TPSA) is 26.3 Å². The Hall–Kier alpha value is -0.220. The van der Waals surface area contributed by atoms with Crippen LogP contribution in [0.4, 0.5) is 0 Å². The molecule has 2 unspecified atom stereocenters. The number of ether oxygens (including phenoxy) is 1. The Kier molecular flexibility index (Phi) is 5.30. The first-order valence-electron chi connectivity index (χ1n) is 6.37. The summed E-state index contributed by atoms with van der Waals surface area (Å²) in [6, 6.07) is 5.44. The summed E-state index contributed by atoms with van der Waals surface area (Å²) >= 11 is 20.8. The van der Waals surface area contributed by atoms with Crippen LogP contribution in [0.1, 0.15) is 19.4 Å². The Morgan fingerprint density at radius 1 is 1.43 bits per heavy atom. The number of rotatable bonds is 4. The van der Waals surface area contributed by atoms with Gasteiger partial charge < -0.3 is 4.74 Å². The van der Waals surface area contributed by atoms with Crippen molar-refractivity contribution in [1.29, 1.82) is 0 Å². The van der Waals surface area contributed by atoms with Gasteiger partial charge in [0.1, 0.15) is 11.1 Å². The number of hydrogen-bond donors (Lipinski definition) is 0. The van der Waals surface area contributed by atoms with Gasteiger partial charge in [-0.2, -0.15) is 0 Å².